The molecular formula is C28H50O4Si2. The van der Waals surface area contributed by atoms with Gasteiger partial charge in [0.05, 0.1) is 13.2 Å². The molecule has 0 saturated carbocycles. The summed E-state index contributed by atoms with van der Waals surface area (Å²) in [5.41, 5.74) is 1.22. The Labute approximate surface area is 211 Å². The molecule has 0 fully saturated rings. The monoisotopic (exact) mass is 506 g/mol. The smallest absolute Gasteiger partial charge is 0.334 e. The van der Waals surface area contributed by atoms with Crippen LogP contribution in [-0.2, 0) is 18.4 Å². The van der Waals surface area contributed by atoms with Crippen molar-refractivity contribution in [2.45, 2.75) is 110 Å². The number of methoxy groups -OCH3 is 1. The van der Waals surface area contributed by atoms with Crippen LogP contribution in [0.5, 0.6) is 0 Å². The molecule has 0 aliphatic heterocycles. The van der Waals surface area contributed by atoms with Crippen LogP contribution < -0.4 is 0 Å². The maximum absolute atomic E-state index is 13.0. The van der Waals surface area contributed by atoms with Gasteiger partial charge in [-0.25, -0.2) is 4.79 Å². The third-order valence-electron chi connectivity index (χ3n) is 9.23. The topological polar surface area (TPSA) is 44.8 Å². The van der Waals surface area contributed by atoms with Gasteiger partial charge in [-0.05, 0) is 62.5 Å². The molecule has 6 heteroatoms. The van der Waals surface area contributed by atoms with Crippen molar-refractivity contribution in [3.8, 4) is 0 Å². The lowest BCUT2D eigenvalue weighted by Gasteiger charge is -2.51. The number of ether oxygens (including phenoxy) is 1. The SMILES string of the molecule is C=CC[C@@]12CC=C(C(=O)OC)[C@@](C)(CO[Si](C)(C)C(C)(C)C)C1=CC[C@H]2O[Si](C)(C)C(C)(C)C. The van der Waals surface area contributed by atoms with Crippen molar-refractivity contribution in [3.05, 3.63) is 36.0 Å². The number of esters is 1. The van der Waals surface area contributed by atoms with E-state index in [0.717, 1.165) is 19.3 Å². The fraction of sp³-hybridized carbons (Fsp3) is 0.750. The second-order valence-corrected chi connectivity index (χ2v) is 23.1. The van der Waals surface area contributed by atoms with Gasteiger partial charge in [0.1, 0.15) is 0 Å². The first-order valence-corrected chi connectivity index (χ1v) is 18.5. The summed E-state index contributed by atoms with van der Waals surface area (Å²) in [5.74, 6) is -0.261. The van der Waals surface area contributed by atoms with E-state index in [0.29, 0.717) is 12.2 Å². The largest absolute Gasteiger partial charge is 0.466 e. The van der Waals surface area contributed by atoms with E-state index in [9.17, 15) is 4.79 Å². The predicted octanol–water partition coefficient (Wildman–Crippen LogP) is 7.80. The summed E-state index contributed by atoms with van der Waals surface area (Å²) in [6.07, 6.45) is 8.97. The molecule has 0 amide bonds. The van der Waals surface area contributed by atoms with Crippen molar-refractivity contribution in [2.24, 2.45) is 10.8 Å². The Morgan fingerprint density at radius 2 is 1.65 bits per heavy atom. The second-order valence-electron chi connectivity index (χ2n) is 13.6. The van der Waals surface area contributed by atoms with Gasteiger partial charge < -0.3 is 13.6 Å². The summed E-state index contributed by atoms with van der Waals surface area (Å²) < 4.78 is 19.1. The number of hydrogen-bond acceptors (Lipinski definition) is 4. The molecule has 3 atom stereocenters. The second kappa shape index (κ2) is 9.49. The molecule has 2 aliphatic carbocycles. The molecule has 0 spiro atoms. The Morgan fingerprint density at radius 3 is 2.12 bits per heavy atom. The Kier molecular flexibility index (Phi) is 8.17. The average molecular weight is 507 g/mol. The average Bonchev–Trinajstić information content (AvgIpc) is 3.03. The van der Waals surface area contributed by atoms with Crippen LogP contribution in [-0.4, -0.2) is 42.4 Å². The zero-order valence-electron chi connectivity index (χ0n) is 24.0. The summed E-state index contributed by atoms with van der Waals surface area (Å²) >= 11 is 0. The van der Waals surface area contributed by atoms with Crippen LogP contribution in [0.2, 0.25) is 36.3 Å². The number of hydrogen-bond donors (Lipinski definition) is 0. The molecule has 0 radical (unpaired) electrons. The fourth-order valence-corrected chi connectivity index (χ4v) is 7.36. The van der Waals surface area contributed by atoms with Gasteiger partial charge in [-0.2, -0.15) is 0 Å². The highest BCUT2D eigenvalue weighted by atomic mass is 28.4. The Bertz CT molecular complexity index is 857. The summed E-state index contributed by atoms with van der Waals surface area (Å²) in [6, 6.07) is 0. The van der Waals surface area contributed by atoms with E-state index >= 15 is 0 Å². The molecule has 194 valence electrons. The van der Waals surface area contributed by atoms with Crippen molar-refractivity contribution >= 4 is 22.6 Å². The molecule has 0 bridgehead atoms. The molecule has 0 aromatic heterocycles. The highest BCUT2D eigenvalue weighted by molar-refractivity contribution is 6.74. The van der Waals surface area contributed by atoms with Gasteiger partial charge in [0.25, 0.3) is 0 Å². The summed E-state index contributed by atoms with van der Waals surface area (Å²) in [6.45, 7) is 29.6. The molecule has 0 saturated heterocycles. The minimum Gasteiger partial charge on any atom is -0.466 e. The molecule has 0 aromatic rings. The predicted molar refractivity (Wildman–Crippen MR) is 148 cm³/mol. The third-order valence-corrected chi connectivity index (χ3v) is 18.2. The lowest BCUT2D eigenvalue weighted by molar-refractivity contribution is -0.137. The zero-order chi connectivity index (χ0) is 26.4. The molecule has 2 rings (SSSR count). The van der Waals surface area contributed by atoms with Crippen molar-refractivity contribution in [1.82, 2.24) is 0 Å². The van der Waals surface area contributed by atoms with E-state index in [1.807, 2.05) is 6.08 Å². The first kappa shape index (κ1) is 29.3. The van der Waals surface area contributed by atoms with E-state index in [2.05, 4.69) is 93.4 Å². The lowest BCUT2D eigenvalue weighted by atomic mass is 9.58. The Hall–Kier alpha value is -0.956. The van der Waals surface area contributed by atoms with Crippen LogP contribution in [0.15, 0.2) is 36.0 Å². The van der Waals surface area contributed by atoms with Gasteiger partial charge in [0.15, 0.2) is 16.6 Å². The van der Waals surface area contributed by atoms with E-state index in [4.69, 9.17) is 13.6 Å². The molecule has 0 unspecified atom stereocenters. The van der Waals surface area contributed by atoms with Gasteiger partial charge in [0, 0.05) is 23.0 Å². The molecule has 0 aromatic carbocycles. The van der Waals surface area contributed by atoms with Crippen LogP contribution in [0, 0.1) is 10.8 Å². The number of fused-ring (bicyclic) bond motifs is 1. The van der Waals surface area contributed by atoms with Crippen molar-refractivity contribution in [1.29, 1.82) is 0 Å². The molecule has 34 heavy (non-hydrogen) atoms. The van der Waals surface area contributed by atoms with E-state index < -0.39 is 22.0 Å². The molecule has 4 nitrogen and oxygen atoms in total. The quantitative estimate of drug-likeness (QED) is 0.191. The van der Waals surface area contributed by atoms with Crippen LogP contribution in [0.4, 0.5) is 0 Å². The summed E-state index contributed by atoms with van der Waals surface area (Å²) in [4.78, 5) is 13.0. The first-order valence-electron chi connectivity index (χ1n) is 12.7. The zero-order valence-corrected chi connectivity index (χ0v) is 26.0. The van der Waals surface area contributed by atoms with E-state index in [-0.39, 0.29) is 27.6 Å². The fourth-order valence-electron chi connectivity index (χ4n) is 4.89. The number of carbonyl (C=O) groups excluding carboxylic acids is 1. The molecule has 0 N–H and O–H groups in total. The summed E-state index contributed by atoms with van der Waals surface area (Å²) in [5, 5.41) is 0.213. The van der Waals surface area contributed by atoms with Crippen LogP contribution in [0.25, 0.3) is 0 Å². The van der Waals surface area contributed by atoms with Crippen molar-refractivity contribution in [3.63, 3.8) is 0 Å². The normalized spacial score (nSPS) is 28.2. The van der Waals surface area contributed by atoms with Crippen molar-refractivity contribution < 1.29 is 18.4 Å². The van der Waals surface area contributed by atoms with Gasteiger partial charge in [-0.1, -0.05) is 65.3 Å². The molecule has 0 heterocycles. The van der Waals surface area contributed by atoms with Gasteiger partial charge in [0.2, 0.25) is 0 Å². The first-order chi connectivity index (χ1) is 15.3. The number of allylic oxidation sites excluding steroid dienone is 2. The standard InChI is InChI=1S/C28H50O4Si2/c1-14-18-28-19-17-21(24(29)30-9)27(8,20-31-33(10,11)25(2,3)4)22(28)15-16-23(28)32-34(12,13)26(5,6)7/h14-15,17,23H,1,16,18-20H2,2-13H3/t23-,27-,28-/m1/s1. The highest BCUT2D eigenvalue weighted by Gasteiger charge is 2.58. The van der Waals surface area contributed by atoms with Gasteiger partial charge >= 0.3 is 5.97 Å². The van der Waals surface area contributed by atoms with E-state index in [1.165, 1.54) is 12.7 Å². The Morgan fingerprint density at radius 1 is 1.09 bits per heavy atom. The lowest BCUT2D eigenvalue weighted by Crippen LogP contribution is -2.52. The highest BCUT2D eigenvalue weighted by Crippen LogP contribution is 2.60. The minimum atomic E-state index is -2.03. The summed E-state index contributed by atoms with van der Waals surface area (Å²) in [7, 11) is -2.55. The maximum atomic E-state index is 13.0. The van der Waals surface area contributed by atoms with Crippen LogP contribution >= 0.6 is 0 Å². The number of rotatable bonds is 8. The Balaban J connectivity index is 2.57. The van der Waals surface area contributed by atoms with Crippen LogP contribution in [0.1, 0.15) is 67.7 Å². The minimum absolute atomic E-state index is 0.0732. The number of carbonyl (C=O) groups is 1. The van der Waals surface area contributed by atoms with Gasteiger partial charge in [-0.15, -0.1) is 6.58 Å². The van der Waals surface area contributed by atoms with Gasteiger partial charge in [-0.3, -0.25) is 0 Å². The van der Waals surface area contributed by atoms with E-state index in [1.54, 1.807) is 0 Å². The molecule has 2 aliphatic rings. The van der Waals surface area contributed by atoms with Crippen molar-refractivity contribution in [2.75, 3.05) is 13.7 Å². The molecular weight excluding hydrogens is 456 g/mol. The maximum Gasteiger partial charge on any atom is 0.334 e. The third kappa shape index (κ3) is 5.11. The van der Waals surface area contributed by atoms with Crippen LogP contribution in [0.3, 0.4) is 0 Å².